The summed E-state index contributed by atoms with van der Waals surface area (Å²) >= 11 is 0. The Morgan fingerprint density at radius 2 is 1.97 bits per heavy atom. The number of anilines is 2. The molecule has 29 heavy (non-hydrogen) atoms. The highest BCUT2D eigenvalue weighted by molar-refractivity contribution is 7.88. The molecule has 0 unspecified atom stereocenters. The second-order valence-corrected chi connectivity index (χ2v) is 10.2. The maximum Gasteiger partial charge on any atom is 0.224 e. The van der Waals surface area contributed by atoms with Crippen LogP contribution in [0.5, 0.6) is 0 Å². The van der Waals surface area contributed by atoms with Gasteiger partial charge in [-0.2, -0.15) is 4.98 Å². The molecule has 3 heterocycles. The van der Waals surface area contributed by atoms with E-state index < -0.39 is 10.0 Å². The summed E-state index contributed by atoms with van der Waals surface area (Å²) in [6.45, 7) is 5.20. The zero-order valence-electron chi connectivity index (χ0n) is 16.8. The number of nitrogens with one attached hydrogen (secondary N) is 1. The van der Waals surface area contributed by atoms with Crippen molar-refractivity contribution in [2.24, 2.45) is 0 Å². The molecule has 2 N–H and O–H groups in total. The van der Waals surface area contributed by atoms with Crippen LogP contribution in [0.1, 0.15) is 44.1 Å². The lowest BCUT2D eigenvalue weighted by Crippen LogP contribution is -2.42. The Hall–Kier alpha value is -1.97. The van der Waals surface area contributed by atoms with Crippen molar-refractivity contribution in [3.05, 3.63) is 30.1 Å². The Labute approximate surface area is 172 Å². The van der Waals surface area contributed by atoms with E-state index in [-0.39, 0.29) is 18.2 Å². The summed E-state index contributed by atoms with van der Waals surface area (Å²) in [5, 5.41) is 13.5. The Morgan fingerprint density at radius 1 is 1.21 bits per heavy atom. The van der Waals surface area contributed by atoms with Crippen LogP contribution in [0.2, 0.25) is 0 Å². The Morgan fingerprint density at radius 3 is 2.66 bits per heavy atom. The summed E-state index contributed by atoms with van der Waals surface area (Å²) in [6, 6.07) is 0.314. The minimum Gasteiger partial charge on any atom is -0.393 e. The van der Waals surface area contributed by atoms with Gasteiger partial charge in [-0.3, -0.25) is 0 Å². The largest absolute Gasteiger partial charge is 0.393 e. The standard InChI is InChI=1S/C20H29N5O3S/c1-14-6-7-15-13-21-20(22-16-8-10-24(11-9-16)29(2,27)28)23-19(15)25(14)17-4-3-5-18(26)12-17/h6-7,13,16-18,26H,1,3-5,8-12H2,2H3,(H,21,22,23)/t17-,18-/m1/s1. The summed E-state index contributed by atoms with van der Waals surface area (Å²) in [4.78, 5) is 11.4. The molecule has 0 aromatic carbocycles. The van der Waals surface area contributed by atoms with E-state index in [4.69, 9.17) is 4.98 Å². The molecule has 1 saturated heterocycles. The van der Waals surface area contributed by atoms with Gasteiger partial charge in [-0.25, -0.2) is 17.7 Å². The number of aromatic nitrogens is 2. The van der Waals surface area contributed by atoms with E-state index in [0.717, 1.165) is 49.2 Å². The fraction of sp³-hybridized carbons (Fsp3) is 0.600. The topological polar surface area (TPSA) is 98.7 Å². The predicted octanol–water partition coefficient (Wildman–Crippen LogP) is 1.96. The van der Waals surface area contributed by atoms with Crippen molar-refractivity contribution in [2.45, 2.75) is 56.7 Å². The number of sulfonamides is 1. The Balaban J connectivity index is 1.50. The van der Waals surface area contributed by atoms with E-state index in [2.05, 4.69) is 21.8 Å². The second kappa shape index (κ2) is 8.04. The fourth-order valence-corrected chi connectivity index (χ4v) is 5.33. The normalized spacial score (nSPS) is 26.4. The number of hydrogen-bond donors (Lipinski definition) is 2. The van der Waals surface area contributed by atoms with E-state index in [1.54, 1.807) is 0 Å². The molecule has 3 aliphatic rings. The number of rotatable bonds is 4. The molecular formula is C20H29N5O3S. The quantitative estimate of drug-likeness (QED) is 0.770. The third-order valence-corrected chi connectivity index (χ3v) is 7.33. The minimum absolute atomic E-state index is 0.137. The van der Waals surface area contributed by atoms with Crippen molar-refractivity contribution >= 4 is 27.9 Å². The Bertz CT molecular complexity index is 909. The monoisotopic (exact) mass is 419 g/mol. The van der Waals surface area contributed by atoms with Gasteiger partial charge in [0.1, 0.15) is 5.82 Å². The molecule has 1 aromatic heterocycles. The highest BCUT2D eigenvalue weighted by atomic mass is 32.2. The van der Waals surface area contributed by atoms with Gasteiger partial charge in [0.05, 0.1) is 12.4 Å². The molecule has 2 fully saturated rings. The maximum absolute atomic E-state index is 11.7. The van der Waals surface area contributed by atoms with Crippen LogP contribution in [0, 0.1) is 0 Å². The van der Waals surface area contributed by atoms with Gasteiger partial charge in [0.2, 0.25) is 16.0 Å². The average Bonchev–Trinajstić information content (AvgIpc) is 2.67. The van der Waals surface area contributed by atoms with Crippen LogP contribution >= 0.6 is 0 Å². The van der Waals surface area contributed by atoms with Crippen LogP contribution in [0.4, 0.5) is 11.8 Å². The van der Waals surface area contributed by atoms with E-state index in [1.807, 2.05) is 18.3 Å². The lowest BCUT2D eigenvalue weighted by molar-refractivity contribution is 0.120. The highest BCUT2D eigenvalue weighted by Crippen LogP contribution is 2.35. The molecule has 1 aromatic rings. The second-order valence-electron chi connectivity index (χ2n) is 8.22. The highest BCUT2D eigenvalue weighted by Gasteiger charge is 2.31. The van der Waals surface area contributed by atoms with Crippen LogP contribution in [-0.4, -0.2) is 65.3 Å². The lowest BCUT2D eigenvalue weighted by Gasteiger charge is -2.39. The van der Waals surface area contributed by atoms with Gasteiger partial charge in [0.25, 0.3) is 0 Å². The summed E-state index contributed by atoms with van der Waals surface area (Å²) in [5.41, 5.74) is 1.82. The third kappa shape index (κ3) is 4.46. The smallest absolute Gasteiger partial charge is 0.224 e. The van der Waals surface area contributed by atoms with E-state index in [9.17, 15) is 13.5 Å². The molecule has 0 spiro atoms. The summed E-state index contributed by atoms with van der Waals surface area (Å²) in [5.74, 6) is 1.37. The molecule has 8 nitrogen and oxygen atoms in total. The van der Waals surface area contributed by atoms with Crippen LogP contribution in [-0.2, 0) is 10.0 Å². The van der Waals surface area contributed by atoms with Crippen molar-refractivity contribution in [1.82, 2.24) is 14.3 Å². The van der Waals surface area contributed by atoms with Gasteiger partial charge in [-0.05, 0) is 50.7 Å². The maximum atomic E-state index is 11.7. The van der Waals surface area contributed by atoms with Gasteiger partial charge in [-0.1, -0.05) is 6.58 Å². The summed E-state index contributed by atoms with van der Waals surface area (Å²) in [7, 11) is -3.13. The van der Waals surface area contributed by atoms with Gasteiger partial charge in [-0.15, -0.1) is 0 Å². The SMILES string of the molecule is C=C1C=Cc2cnc(NC3CCN(S(C)(=O)=O)CC3)nc2N1[C@@H]1CCC[C@@H](O)C1. The number of hydrogen-bond acceptors (Lipinski definition) is 7. The summed E-state index contributed by atoms with van der Waals surface area (Å²) in [6.07, 6.45) is 11.7. The molecule has 1 saturated carbocycles. The van der Waals surface area contributed by atoms with Crippen molar-refractivity contribution in [3.8, 4) is 0 Å². The third-order valence-electron chi connectivity index (χ3n) is 6.03. The van der Waals surface area contributed by atoms with Gasteiger partial charge in [0, 0.05) is 42.6 Å². The number of aliphatic hydroxyl groups excluding tert-OH is 1. The van der Waals surface area contributed by atoms with E-state index >= 15 is 0 Å². The van der Waals surface area contributed by atoms with Crippen molar-refractivity contribution in [3.63, 3.8) is 0 Å². The number of fused-ring (bicyclic) bond motifs is 1. The van der Waals surface area contributed by atoms with Gasteiger partial charge in [0.15, 0.2) is 0 Å². The van der Waals surface area contributed by atoms with Crippen molar-refractivity contribution < 1.29 is 13.5 Å². The molecule has 2 aliphatic heterocycles. The first kappa shape index (κ1) is 20.3. The minimum atomic E-state index is -3.13. The van der Waals surface area contributed by atoms with Gasteiger partial charge < -0.3 is 15.3 Å². The first-order chi connectivity index (χ1) is 13.8. The van der Waals surface area contributed by atoms with Crippen LogP contribution < -0.4 is 10.2 Å². The molecule has 0 radical (unpaired) electrons. The molecule has 9 heteroatoms. The number of piperidine rings is 1. The molecule has 158 valence electrons. The summed E-state index contributed by atoms with van der Waals surface area (Å²) < 4.78 is 24.9. The molecule has 0 amide bonds. The van der Waals surface area contributed by atoms with Crippen molar-refractivity contribution in [2.75, 3.05) is 29.6 Å². The zero-order chi connectivity index (χ0) is 20.6. The molecule has 1 aliphatic carbocycles. The van der Waals surface area contributed by atoms with E-state index in [1.165, 1.54) is 10.6 Å². The first-order valence-electron chi connectivity index (χ1n) is 10.2. The van der Waals surface area contributed by atoms with Crippen LogP contribution in [0.25, 0.3) is 6.08 Å². The van der Waals surface area contributed by atoms with E-state index in [0.29, 0.717) is 25.5 Å². The molecular weight excluding hydrogens is 390 g/mol. The average molecular weight is 420 g/mol. The molecule has 2 atom stereocenters. The number of allylic oxidation sites excluding steroid dienone is 1. The number of nitrogens with zero attached hydrogens (tertiary/aromatic N) is 4. The Kier molecular flexibility index (Phi) is 5.63. The molecule has 4 rings (SSSR count). The number of aliphatic hydroxyl groups is 1. The first-order valence-corrected chi connectivity index (χ1v) is 12.1. The fourth-order valence-electron chi connectivity index (χ4n) is 4.46. The van der Waals surface area contributed by atoms with Gasteiger partial charge >= 0.3 is 0 Å². The zero-order valence-corrected chi connectivity index (χ0v) is 17.6. The van der Waals surface area contributed by atoms with Crippen LogP contribution in [0.15, 0.2) is 24.5 Å². The lowest BCUT2D eigenvalue weighted by atomic mass is 9.90. The van der Waals surface area contributed by atoms with Crippen molar-refractivity contribution in [1.29, 1.82) is 0 Å². The van der Waals surface area contributed by atoms with Crippen LogP contribution in [0.3, 0.4) is 0 Å². The molecule has 0 bridgehead atoms. The predicted molar refractivity (Wildman–Crippen MR) is 114 cm³/mol.